The number of amides is 1. The van der Waals surface area contributed by atoms with E-state index in [0.29, 0.717) is 24.6 Å². The van der Waals surface area contributed by atoms with Crippen LogP contribution in [0.2, 0.25) is 0 Å². The quantitative estimate of drug-likeness (QED) is 0.714. The van der Waals surface area contributed by atoms with Gasteiger partial charge in [-0.25, -0.2) is 9.37 Å². The van der Waals surface area contributed by atoms with Gasteiger partial charge in [-0.1, -0.05) is 17.7 Å². The third-order valence-corrected chi connectivity index (χ3v) is 5.19. The standard InChI is InChI=1S/C22H23FN4O2/c1-15-4-6-19(17-10-25-26-11-17)20(9-15)22(28)27-8-2-3-16(13-27)14-29-21-7-5-18(23)12-24-21/h4-7,9-12,16H,2-3,8,13-14H2,1H3,(H,25,26). The molecule has 1 saturated heterocycles. The molecular formula is C22H23FN4O2. The van der Waals surface area contributed by atoms with E-state index in [-0.39, 0.29) is 11.8 Å². The zero-order chi connectivity index (χ0) is 20.2. The van der Waals surface area contributed by atoms with Gasteiger partial charge in [-0.2, -0.15) is 5.10 Å². The van der Waals surface area contributed by atoms with Gasteiger partial charge in [-0.05, 0) is 37.5 Å². The fourth-order valence-electron chi connectivity index (χ4n) is 3.69. The molecule has 4 rings (SSSR count). The first-order chi connectivity index (χ1) is 14.1. The van der Waals surface area contributed by atoms with E-state index in [2.05, 4.69) is 15.2 Å². The van der Waals surface area contributed by atoms with Gasteiger partial charge in [0.1, 0.15) is 5.82 Å². The number of likely N-dealkylation sites (tertiary alicyclic amines) is 1. The minimum Gasteiger partial charge on any atom is -0.477 e. The number of benzene rings is 1. The molecule has 1 unspecified atom stereocenters. The van der Waals surface area contributed by atoms with Crippen LogP contribution in [-0.2, 0) is 0 Å². The molecule has 0 bridgehead atoms. The van der Waals surface area contributed by atoms with E-state index in [0.717, 1.165) is 42.3 Å². The summed E-state index contributed by atoms with van der Waals surface area (Å²) in [6.45, 7) is 3.78. The van der Waals surface area contributed by atoms with Crippen molar-refractivity contribution in [2.45, 2.75) is 19.8 Å². The Morgan fingerprint density at radius 1 is 1.31 bits per heavy atom. The van der Waals surface area contributed by atoms with Crippen LogP contribution in [0, 0.1) is 18.7 Å². The van der Waals surface area contributed by atoms with E-state index >= 15 is 0 Å². The van der Waals surface area contributed by atoms with Crippen LogP contribution in [0.1, 0.15) is 28.8 Å². The highest BCUT2D eigenvalue weighted by Gasteiger charge is 2.27. The molecule has 0 radical (unpaired) electrons. The van der Waals surface area contributed by atoms with Gasteiger partial charge in [0.2, 0.25) is 5.88 Å². The highest BCUT2D eigenvalue weighted by molar-refractivity contribution is 6.01. The number of nitrogens with zero attached hydrogens (tertiary/aromatic N) is 3. The van der Waals surface area contributed by atoms with Crippen LogP contribution < -0.4 is 4.74 Å². The molecule has 0 saturated carbocycles. The highest BCUT2D eigenvalue weighted by Crippen LogP contribution is 2.27. The molecule has 29 heavy (non-hydrogen) atoms. The van der Waals surface area contributed by atoms with Crippen molar-refractivity contribution < 1.29 is 13.9 Å². The maximum absolute atomic E-state index is 13.3. The first-order valence-corrected chi connectivity index (χ1v) is 9.73. The molecule has 3 heterocycles. The number of rotatable bonds is 5. The molecule has 1 amide bonds. The van der Waals surface area contributed by atoms with Crippen molar-refractivity contribution in [2.24, 2.45) is 5.92 Å². The number of nitrogens with one attached hydrogen (secondary N) is 1. The van der Waals surface area contributed by atoms with Gasteiger partial charge in [0.25, 0.3) is 5.91 Å². The molecule has 0 aliphatic carbocycles. The fraction of sp³-hybridized carbons (Fsp3) is 0.318. The van der Waals surface area contributed by atoms with Crippen LogP contribution in [0.4, 0.5) is 4.39 Å². The molecule has 1 aliphatic rings. The van der Waals surface area contributed by atoms with Gasteiger partial charge in [-0.3, -0.25) is 9.89 Å². The van der Waals surface area contributed by atoms with Gasteiger partial charge in [-0.15, -0.1) is 0 Å². The van der Waals surface area contributed by atoms with E-state index < -0.39 is 5.82 Å². The summed E-state index contributed by atoms with van der Waals surface area (Å²) in [5.41, 5.74) is 3.50. The number of piperidine rings is 1. The van der Waals surface area contributed by atoms with Crippen LogP contribution in [0.25, 0.3) is 11.1 Å². The van der Waals surface area contributed by atoms with E-state index in [9.17, 15) is 9.18 Å². The average molecular weight is 394 g/mol. The second-order valence-electron chi connectivity index (χ2n) is 7.42. The van der Waals surface area contributed by atoms with Crippen molar-refractivity contribution >= 4 is 5.91 Å². The number of carbonyl (C=O) groups is 1. The van der Waals surface area contributed by atoms with E-state index in [1.165, 1.54) is 12.1 Å². The van der Waals surface area contributed by atoms with Gasteiger partial charge < -0.3 is 9.64 Å². The third-order valence-electron chi connectivity index (χ3n) is 5.19. The van der Waals surface area contributed by atoms with Gasteiger partial charge >= 0.3 is 0 Å². The number of H-pyrrole nitrogens is 1. The van der Waals surface area contributed by atoms with Gasteiger partial charge in [0.15, 0.2) is 0 Å². The number of carbonyl (C=O) groups excluding carboxylic acids is 1. The lowest BCUT2D eigenvalue weighted by Crippen LogP contribution is -2.41. The Bertz CT molecular complexity index is 973. The average Bonchev–Trinajstić information content (AvgIpc) is 3.28. The summed E-state index contributed by atoms with van der Waals surface area (Å²) in [4.78, 5) is 19.2. The first-order valence-electron chi connectivity index (χ1n) is 9.73. The normalized spacial score (nSPS) is 16.6. The molecule has 1 N–H and O–H groups in total. The molecule has 3 aromatic rings. The Morgan fingerprint density at radius 3 is 2.97 bits per heavy atom. The van der Waals surface area contributed by atoms with Gasteiger partial charge in [0, 0.05) is 42.4 Å². The predicted octanol–water partition coefficient (Wildman–Crippen LogP) is 3.85. The summed E-state index contributed by atoms with van der Waals surface area (Å²) >= 11 is 0. The summed E-state index contributed by atoms with van der Waals surface area (Å²) < 4.78 is 18.7. The summed E-state index contributed by atoms with van der Waals surface area (Å²) in [5.74, 6) is 0.241. The molecule has 1 fully saturated rings. The number of hydrogen-bond donors (Lipinski definition) is 1. The molecule has 1 aliphatic heterocycles. The van der Waals surface area contributed by atoms with E-state index in [1.54, 1.807) is 12.4 Å². The monoisotopic (exact) mass is 394 g/mol. The Labute approximate surface area is 168 Å². The molecule has 1 atom stereocenters. The van der Waals surface area contributed by atoms with Crippen molar-refractivity contribution in [1.29, 1.82) is 0 Å². The number of hydrogen-bond acceptors (Lipinski definition) is 4. The van der Waals surface area contributed by atoms with Crippen LogP contribution in [0.15, 0.2) is 48.9 Å². The van der Waals surface area contributed by atoms with Crippen molar-refractivity contribution in [3.8, 4) is 17.0 Å². The minimum absolute atomic E-state index is 0.0227. The fourth-order valence-corrected chi connectivity index (χ4v) is 3.69. The lowest BCUT2D eigenvalue weighted by atomic mass is 9.95. The zero-order valence-electron chi connectivity index (χ0n) is 16.3. The minimum atomic E-state index is -0.390. The molecule has 0 spiro atoms. The lowest BCUT2D eigenvalue weighted by molar-refractivity contribution is 0.0632. The largest absolute Gasteiger partial charge is 0.477 e. The second-order valence-corrected chi connectivity index (χ2v) is 7.42. The highest BCUT2D eigenvalue weighted by atomic mass is 19.1. The topological polar surface area (TPSA) is 71.1 Å². The van der Waals surface area contributed by atoms with Crippen molar-refractivity contribution in [3.63, 3.8) is 0 Å². The summed E-state index contributed by atoms with van der Waals surface area (Å²) in [7, 11) is 0. The Hall–Kier alpha value is -3.22. The predicted molar refractivity (Wildman–Crippen MR) is 107 cm³/mol. The number of halogens is 1. The third kappa shape index (κ3) is 4.45. The molecular weight excluding hydrogens is 371 g/mol. The first kappa shape index (κ1) is 19.1. The SMILES string of the molecule is Cc1ccc(-c2cn[nH]c2)c(C(=O)N2CCCC(COc3ccc(F)cn3)C2)c1. The number of aryl methyl sites for hydroxylation is 1. The molecule has 2 aromatic heterocycles. The number of ether oxygens (including phenoxy) is 1. The number of pyridine rings is 1. The molecule has 6 nitrogen and oxygen atoms in total. The van der Waals surface area contributed by atoms with Crippen molar-refractivity contribution in [2.75, 3.05) is 19.7 Å². The number of aromatic nitrogens is 3. The smallest absolute Gasteiger partial charge is 0.254 e. The molecule has 1 aromatic carbocycles. The van der Waals surface area contributed by atoms with Crippen LogP contribution in [0.3, 0.4) is 0 Å². The number of aromatic amines is 1. The second kappa shape index (κ2) is 8.43. The van der Waals surface area contributed by atoms with Gasteiger partial charge in [0.05, 0.1) is 19.0 Å². The van der Waals surface area contributed by atoms with Crippen molar-refractivity contribution in [3.05, 3.63) is 65.9 Å². The van der Waals surface area contributed by atoms with Crippen LogP contribution in [-0.4, -0.2) is 45.7 Å². The summed E-state index contributed by atoms with van der Waals surface area (Å²) in [5, 5.41) is 6.82. The van der Waals surface area contributed by atoms with Crippen LogP contribution >= 0.6 is 0 Å². The Kier molecular flexibility index (Phi) is 5.55. The zero-order valence-corrected chi connectivity index (χ0v) is 16.3. The van der Waals surface area contributed by atoms with Crippen LogP contribution in [0.5, 0.6) is 5.88 Å². The Balaban J connectivity index is 1.46. The maximum Gasteiger partial charge on any atom is 0.254 e. The van der Waals surface area contributed by atoms with E-state index in [1.807, 2.05) is 30.0 Å². The molecule has 150 valence electrons. The Morgan fingerprint density at radius 2 is 2.21 bits per heavy atom. The summed E-state index contributed by atoms with van der Waals surface area (Å²) in [6.07, 6.45) is 6.56. The van der Waals surface area contributed by atoms with E-state index in [4.69, 9.17) is 4.74 Å². The lowest BCUT2D eigenvalue weighted by Gasteiger charge is -2.33. The maximum atomic E-state index is 13.3. The summed E-state index contributed by atoms with van der Waals surface area (Å²) in [6, 6.07) is 8.76. The molecule has 7 heteroatoms. The van der Waals surface area contributed by atoms with Crippen molar-refractivity contribution in [1.82, 2.24) is 20.1 Å².